The fraction of sp³-hybridized carbons (Fsp3) is 0.133. The summed E-state index contributed by atoms with van der Waals surface area (Å²) in [5, 5.41) is 2.61. The molecule has 0 saturated heterocycles. The van der Waals surface area contributed by atoms with Crippen molar-refractivity contribution in [3.63, 3.8) is 0 Å². The molecule has 122 valence electrons. The van der Waals surface area contributed by atoms with Crippen molar-refractivity contribution in [2.75, 3.05) is 18.2 Å². The lowest BCUT2D eigenvalue weighted by molar-refractivity contribution is -0.118. The Morgan fingerprint density at radius 1 is 1.22 bits per heavy atom. The Labute approximate surface area is 138 Å². The van der Waals surface area contributed by atoms with Gasteiger partial charge in [-0.05, 0) is 42.5 Å². The fourth-order valence-corrected chi connectivity index (χ4v) is 2.57. The molecule has 0 spiro atoms. The molecular weight excluding hydrogens is 345 g/mol. The number of sulfone groups is 1. The second kappa shape index (κ2) is 6.97. The average Bonchev–Trinajstić information content (AvgIpc) is 2.46. The summed E-state index contributed by atoms with van der Waals surface area (Å²) in [4.78, 5) is 11.9. The lowest BCUT2D eigenvalue weighted by Crippen LogP contribution is -2.20. The smallest absolute Gasteiger partial charge is 0.262 e. The van der Waals surface area contributed by atoms with Crippen molar-refractivity contribution in [2.45, 2.75) is 4.90 Å². The summed E-state index contributed by atoms with van der Waals surface area (Å²) in [5.74, 6) is -0.772. The Morgan fingerprint density at radius 3 is 2.43 bits per heavy atom. The summed E-state index contributed by atoms with van der Waals surface area (Å²) < 4.78 is 40.8. The van der Waals surface area contributed by atoms with Crippen LogP contribution in [0.15, 0.2) is 47.4 Å². The van der Waals surface area contributed by atoms with Crippen LogP contribution in [0, 0.1) is 5.82 Å². The lowest BCUT2D eigenvalue weighted by Gasteiger charge is -2.09. The van der Waals surface area contributed by atoms with Gasteiger partial charge in [-0.1, -0.05) is 11.6 Å². The molecule has 5 nitrogen and oxygen atoms in total. The molecule has 0 aliphatic rings. The molecule has 8 heteroatoms. The van der Waals surface area contributed by atoms with Crippen LogP contribution < -0.4 is 10.1 Å². The van der Waals surface area contributed by atoms with Gasteiger partial charge < -0.3 is 10.1 Å². The van der Waals surface area contributed by atoms with Gasteiger partial charge in [-0.25, -0.2) is 12.8 Å². The molecule has 0 heterocycles. The maximum atomic E-state index is 12.9. The van der Waals surface area contributed by atoms with E-state index in [0.29, 0.717) is 5.69 Å². The first kappa shape index (κ1) is 17.2. The second-order valence-electron chi connectivity index (χ2n) is 4.71. The molecular formula is C15H13ClFNO4S. The van der Waals surface area contributed by atoms with Gasteiger partial charge in [0.2, 0.25) is 0 Å². The number of carbonyl (C=O) groups is 1. The molecule has 0 aliphatic heterocycles. The summed E-state index contributed by atoms with van der Waals surface area (Å²) in [7, 11) is -3.29. The van der Waals surface area contributed by atoms with Crippen molar-refractivity contribution in [3.8, 4) is 5.75 Å². The number of amides is 1. The summed E-state index contributed by atoms with van der Waals surface area (Å²) in [6.45, 7) is -0.320. The minimum atomic E-state index is -3.29. The van der Waals surface area contributed by atoms with Crippen LogP contribution in [0.25, 0.3) is 0 Å². The van der Waals surface area contributed by atoms with Gasteiger partial charge in [0, 0.05) is 11.9 Å². The van der Waals surface area contributed by atoms with E-state index in [1.807, 2.05) is 0 Å². The molecule has 2 aromatic carbocycles. The maximum Gasteiger partial charge on any atom is 0.262 e. The largest absolute Gasteiger partial charge is 0.482 e. The van der Waals surface area contributed by atoms with E-state index < -0.39 is 21.6 Å². The zero-order valence-corrected chi connectivity index (χ0v) is 13.6. The summed E-state index contributed by atoms with van der Waals surface area (Å²) in [5.41, 5.74) is 0.427. The zero-order chi connectivity index (χ0) is 17.0. The third kappa shape index (κ3) is 4.94. The van der Waals surface area contributed by atoms with Gasteiger partial charge in [-0.3, -0.25) is 4.79 Å². The number of rotatable bonds is 5. The molecule has 0 aromatic heterocycles. The molecule has 2 rings (SSSR count). The van der Waals surface area contributed by atoms with Crippen LogP contribution in [-0.4, -0.2) is 27.2 Å². The van der Waals surface area contributed by atoms with Crippen LogP contribution in [-0.2, 0) is 14.6 Å². The van der Waals surface area contributed by atoms with Crippen molar-refractivity contribution in [1.29, 1.82) is 0 Å². The number of anilines is 1. The van der Waals surface area contributed by atoms with Crippen molar-refractivity contribution in [1.82, 2.24) is 0 Å². The Bertz CT molecular complexity index is 822. The molecule has 0 fully saturated rings. The molecule has 1 N–H and O–H groups in total. The molecule has 0 unspecified atom stereocenters. The van der Waals surface area contributed by atoms with E-state index in [1.165, 1.54) is 36.4 Å². The Hall–Kier alpha value is -2.12. The fourth-order valence-electron chi connectivity index (χ4n) is 1.72. The van der Waals surface area contributed by atoms with Gasteiger partial charge >= 0.3 is 0 Å². The van der Waals surface area contributed by atoms with Gasteiger partial charge in [0.05, 0.1) is 9.92 Å². The molecule has 23 heavy (non-hydrogen) atoms. The molecule has 0 bridgehead atoms. The Morgan fingerprint density at radius 2 is 1.87 bits per heavy atom. The number of hydrogen-bond acceptors (Lipinski definition) is 4. The normalized spacial score (nSPS) is 11.1. The van der Waals surface area contributed by atoms with Gasteiger partial charge in [0.15, 0.2) is 16.4 Å². The standard InChI is InChI=1S/C15H13ClFNO4S/c1-23(20,21)12-5-3-11(4-6-12)18-15(19)9-22-14-7-2-10(17)8-13(14)16/h2-8H,9H2,1H3,(H,18,19). The first-order valence-corrected chi connectivity index (χ1v) is 8.70. The van der Waals surface area contributed by atoms with Gasteiger partial charge in [-0.15, -0.1) is 0 Å². The quantitative estimate of drug-likeness (QED) is 0.893. The molecule has 0 atom stereocenters. The average molecular weight is 358 g/mol. The number of carbonyl (C=O) groups excluding carboxylic acids is 1. The van der Waals surface area contributed by atoms with Crippen LogP contribution in [0.2, 0.25) is 5.02 Å². The topological polar surface area (TPSA) is 72.5 Å². The Balaban J connectivity index is 1.94. The summed E-state index contributed by atoms with van der Waals surface area (Å²) in [6.07, 6.45) is 1.10. The third-order valence-electron chi connectivity index (χ3n) is 2.82. The predicted molar refractivity (Wildman–Crippen MR) is 85.1 cm³/mol. The van der Waals surface area contributed by atoms with E-state index >= 15 is 0 Å². The molecule has 0 saturated carbocycles. The minimum absolute atomic E-state index is 0.0651. The van der Waals surface area contributed by atoms with Gasteiger partial charge in [-0.2, -0.15) is 0 Å². The van der Waals surface area contributed by atoms with Crippen LogP contribution >= 0.6 is 11.6 Å². The summed E-state index contributed by atoms with van der Waals surface area (Å²) in [6, 6.07) is 9.30. The number of ether oxygens (including phenoxy) is 1. The van der Waals surface area contributed by atoms with E-state index in [2.05, 4.69) is 5.32 Å². The molecule has 0 radical (unpaired) electrons. The highest BCUT2D eigenvalue weighted by molar-refractivity contribution is 7.90. The van der Waals surface area contributed by atoms with E-state index in [-0.39, 0.29) is 22.3 Å². The maximum absolute atomic E-state index is 12.9. The predicted octanol–water partition coefficient (Wildman–Crippen LogP) is 2.90. The monoisotopic (exact) mass is 357 g/mol. The molecule has 0 aliphatic carbocycles. The first-order valence-electron chi connectivity index (χ1n) is 6.43. The van der Waals surface area contributed by atoms with Crippen molar-refractivity contribution < 1.29 is 22.3 Å². The van der Waals surface area contributed by atoms with E-state index in [0.717, 1.165) is 12.3 Å². The van der Waals surface area contributed by atoms with Crippen LogP contribution in [0.3, 0.4) is 0 Å². The highest BCUT2D eigenvalue weighted by Gasteiger charge is 2.09. The van der Waals surface area contributed by atoms with Crippen LogP contribution in [0.4, 0.5) is 10.1 Å². The van der Waals surface area contributed by atoms with E-state index in [4.69, 9.17) is 16.3 Å². The molecule has 2 aromatic rings. The third-order valence-corrected chi connectivity index (χ3v) is 4.24. The van der Waals surface area contributed by atoms with Crippen molar-refractivity contribution >= 4 is 33.0 Å². The van der Waals surface area contributed by atoms with Gasteiger partial charge in [0.25, 0.3) is 5.91 Å². The minimum Gasteiger partial charge on any atom is -0.482 e. The number of halogens is 2. The number of hydrogen-bond donors (Lipinski definition) is 1. The number of benzene rings is 2. The summed E-state index contributed by atoms with van der Waals surface area (Å²) >= 11 is 5.78. The van der Waals surface area contributed by atoms with Crippen LogP contribution in [0.1, 0.15) is 0 Å². The second-order valence-corrected chi connectivity index (χ2v) is 7.13. The highest BCUT2D eigenvalue weighted by Crippen LogP contribution is 2.24. The highest BCUT2D eigenvalue weighted by atomic mass is 35.5. The lowest BCUT2D eigenvalue weighted by atomic mass is 10.3. The zero-order valence-electron chi connectivity index (χ0n) is 12.0. The van der Waals surface area contributed by atoms with Crippen LogP contribution in [0.5, 0.6) is 5.75 Å². The molecule has 1 amide bonds. The van der Waals surface area contributed by atoms with Crippen molar-refractivity contribution in [3.05, 3.63) is 53.3 Å². The Kier molecular flexibility index (Phi) is 5.23. The van der Waals surface area contributed by atoms with E-state index in [1.54, 1.807) is 0 Å². The number of nitrogens with one attached hydrogen (secondary N) is 1. The van der Waals surface area contributed by atoms with Gasteiger partial charge in [0.1, 0.15) is 11.6 Å². The SMILES string of the molecule is CS(=O)(=O)c1ccc(NC(=O)COc2ccc(F)cc2Cl)cc1. The van der Waals surface area contributed by atoms with E-state index in [9.17, 15) is 17.6 Å². The van der Waals surface area contributed by atoms with Crippen molar-refractivity contribution in [2.24, 2.45) is 0 Å². The first-order chi connectivity index (χ1) is 10.8.